The van der Waals surface area contributed by atoms with Crippen molar-refractivity contribution in [1.82, 2.24) is 5.32 Å². The second-order valence-corrected chi connectivity index (χ2v) is 4.88. The lowest BCUT2D eigenvalue weighted by molar-refractivity contribution is 0.384. The average molecular weight is 219 g/mol. The van der Waals surface area contributed by atoms with E-state index in [0.29, 0.717) is 12.0 Å². The quantitative estimate of drug-likeness (QED) is 0.789. The van der Waals surface area contributed by atoms with Crippen molar-refractivity contribution in [2.75, 3.05) is 7.05 Å². The Morgan fingerprint density at radius 1 is 1.19 bits per heavy atom. The van der Waals surface area contributed by atoms with Crippen LogP contribution < -0.4 is 5.32 Å². The molecule has 2 atom stereocenters. The molecule has 0 amide bonds. The third kappa shape index (κ3) is 3.08. The molecule has 0 aliphatic carbocycles. The summed E-state index contributed by atoms with van der Waals surface area (Å²) in [6.07, 6.45) is 2.53. The lowest BCUT2D eigenvalue weighted by Crippen LogP contribution is -2.23. The minimum atomic E-state index is 0.485. The maximum atomic E-state index is 3.45. The van der Waals surface area contributed by atoms with Gasteiger partial charge in [0.05, 0.1) is 0 Å². The van der Waals surface area contributed by atoms with Crippen molar-refractivity contribution in [3.63, 3.8) is 0 Å². The highest BCUT2D eigenvalue weighted by atomic mass is 14.9. The number of benzene rings is 1. The summed E-state index contributed by atoms with van der Waals surface area (Å²) in [6, 6.07) is 7.30. The third-order valence-corrected chi connectivity index (χ3v) is 3.51. The molecule has 0 aliphatic heterocycles. The highest BCUT2D eigenvalue weighted by Gasteiger charge is 2.16. The van der Waals surface area contributed by atoms with Gasteiger partial charge in [-0.05, 0) is 49.9 Å². The van der Waals surface area contributed by atoms with Crippen LogP contribution >= 0.6 is 0 Å². The van der Waals surface area contributed by atoms with Crippen LogP contribution in [0.25, 0.3) is 0 Å². The number of hydrogen-bond donors (Lipinski definition) is 1. The standard InChI is InChI=1S/C15H25N/c1-6-7-12(3)15(16-5)14-9-8-11(2)13(4)10-14/h8-10,12,15-16H,6-7H2,1-5H3. The molecule has 2 unspecified atom stereocenters. The van der Waals surface area contributed by atoms with Crippen molar-refractivity contribution >= 4 is 0 Å². The average Bonchev–Trinajstić information content (AvgIpc) is 2.25. The van der Waals surface area contributed by atoms with E-state index in [1.165, 1.54) is 29.5 Å². The number of hydrogen-bond acceptors (Lipinski definition) is 1. The van der Waals surface area contributed by atoms with Gasteiger partial charge in [-0.25, -0.2) is 0 Å². The summed E-state index contributed by atoms with van der Waals surface area (Å²) in [5.74, 6) is 0.692. The highest BCUT2D eigenvalue weighted by Crippen LogP contribution is 2.26. The first kappa shape index (κ1) is 13.2. The molecule has 0 saturated carbocycles. The smallest absolute Gasteiger partial charge is 0.0343 e. The summed E-state index contributed by atoms with van der Waals surface area (Å²) in [5, 5.41) is 3.45. The number of rotatable bonds is 5. The van der Waals surface area contributed by atoms with Crippen LogP contribution in [-0.2, 0) is 0 Å². The number of aryl methyl sites for hydroxylation is 2. The molecule has 1 aromatic rings. The predicted octanol–water partition coefficient (Wildman–Crippen LogP) is 4.00. The van der Waals surface area contributed by atoms with Crippen LogP contribution in [0.2, 0.25) is 0 Å². The molecule has 0 saturated heterocycles. The molecule has 1 nitrogen and oxygen atoms in total. The van der Waals surface area contributed by atoms with E-state index in [2.05, 4.69) is 58.3 Å². The van der Waals surface area contributed by atoms with E-state index in [1.54, 1.807) is 0 Å². The topological polar surface area (TPSA) is 12.0 Å². The lowest BCUT2D eigenvalue weighted by atomic mass is 9.89. The normalized spacial score (nSPS) is 14.8. The summed E-state index contributed by atoms with van der Waals surface area (Å²) in [5.41, 5.74) is 4.19. The van der Waals surface area contributed by atoms with Gasteiger partial charge < -0.3 is 5.32 Å². The van der Waals surface area contributed by atoms with Crippen LogP contribution in [0.15, 0.2) is 18.2 Å². The van der Waals surface area contributed by atoms with Crippen molar-refractivity contribution < 1.29 is 0 Å². The molecule has 1 aromatic carbocycles. The van der Waals surface area contributed by atoms with Gasteiger partial charge in [-0.1, -0.05) is 38.5 Å². The van der Waals surface area contributed by atoms with Crippen LogP contribution in [0.1, 0.15) is 49.4 Å². The van der Waals surface area contributed by atoms with Gasteiger partial charge >= 0.3 is 0 Å². The Morgan fingerprint density at radius 2 is 1.88 bits per heavy atom. The molecule has 1 heteroatoms. The van der Waals surface area contributed by atoms with Crippen LogP contribution in [0, 0.1) is 19.8 Å². The molecule has 0 bridgehead atoms. The van der Waals surface area contributed by atoms with Crippen LogP contribution in [-0.4, -0.2) is 7.05 Å². The van der Waals surface area contributed by atoms with Crippen molar-refractivity contribution in [1.29, 1.82) is 0 Å². The van der Waals surface area contributed by atoms with Crippen LogP contribution in [0.5, 0.6) is 0 Å². The highest BCUT2D eigenvalue weighted by molar-refractivity contribution is 5.31. The SMILES string of the molecule is CCCC(C)C(NC)c1ccc(C)c(C)c1. The van der Waals surface area contributed by atoms with Gasteiger partial charge in [-0.3, -0.25) is 0 Å². The fourth-order valence-corrected chi connectivity index (χ4v) is 2.36. The zero-order valence-corrected chi connectivity index (χ0v) is 11.3. The van der Waals surface area contributed by atoms with E-state index in [9.17, 15) is 0 Å². The van der Waals surface area contributed by atoms with E-state index >= 15 is 0 Å². The Kier molecular flexibility index (Phi) is 5.01. The summed E-state index contributed by atoms with van der Waals surface area (Å²) in [7, 11) is 2.06. The Hall–Kier alpha value is -0.820. The van der Waals surface area contributed by atoms with E-state index in [0.717, 1.165) is 0 Å². The second kappa shape index (κ2) is 6.05. The molecule has 16 heavy (non-hydrogen) atoms. The van der Waals surface area contributed by atoms with Gasteiger partial charge in [0.1, 0.15) is 0 Å². The number of nitrogens with one attached hydrogen (secondary N) is 1. The second-order valence-electron chi connectivity index (χ2n) is 4.88. The Bertz CT molecular complexity index is 330. The molecule has 90 valence electrons. The Morgan fingerprint density at radius 3 is 2.38 bits per heavy atom. The van der Waals surface area contributed by atoms with Gasteiger partial charge in [0, 0.05) is 6.04 Å². The molecule has 1 rings (SSSR count). The zero-order valence-electron chi connectivity index (χ0n) is 11.3. The zero-order chi connectivity index (χ0) is 12.1. The van der Waals surface area contributed by atoms with Gasteiger partial charge in [0.15, 0.2) is 0 Å². The fraction of sp³-hybridized carbons (Fsp3) is 0.600. The maximum absolute atomic E-state index is 3.45. The van der Waals surface area contributed by atoms with Crippen molar-refractivity contribution in [2.24, 2.45) is 5.92 Å². The molecule has 0 aliphatic rings. The third-order valence-electron chi connectivity index (χ3n) is 3.51. The minimum absolute atomic E-state index is 0.485. The van der Waals surface area contributed by atoms with Crippen molar-refractivity contribution in [2.45, 2.75) is 46.6 Å². The molecule has 0 spiro atoms. The van der Waals surface area contributed by atoms with Gasteiger partial charge in [-0.15, -0.1) is 0 Å². The van der Waals surface area contributed by atoms with Gasteiger partial charge in [0.2, 0.25) is 0 Å². The van der Waals surface area contributed by atoms with E-state index in [-0.39, 0.29) is 0 Å². The largest absolute Gasteiger partial charge is 0.313 e. The van der Waals surface area contributed by atoms with Crippen LogP contribution in [0.3, 0.4) is 0 Å². The van der Waals surface area contributed by atoms with E-state index in [1.807, 2.05) is 0 Å². The van der Waals surface area contributed by atoms with E-state index < -0.39 is 0 Å². The minimum Gasteiger partial charge on any atom is -0.313 e. The van der Waals surface area contributed by atoms with Crippen molar-refractivity contribution in [3.8, 4) is 0 Å². The molecule has 0 radical (unpaired) electrons. The maximum Gasteiger partial charge on any atom is 0.0343 e. The first-order valence-electron chi connectivity index (χ1n) is 6.34. The van der Waals surface area contributed by atoms with E-state index in [4.69, 9.17) is 0 Å². The van der Waals surface area contributed by atoms with Crippen molar-refractivity contribution in [3.05, 3.63) is 34.9 Å². The summed E-state index contributed by atoms with van der Waals surface area (Å²) >= 11 is 0. The Labute approximate surface area is 100 Å². The lowest BCUT2D eigenvalue weighted by Gasteiger charge is -2.24. The summed E-state index contributed by atoms with van der Waals surface area (Å²) in [6.45, 7) is 8.95. The molecule has 0 fully saturated rings. The Balaban J connectivity index is 2.90. The molecule has 1 N–H and O–H groups in total. The molecular weight excluding hydrogens is 194 g/mol. The first-order valence-corrected chi connectivity index (χ1v) is 6.34. The summed E-state index contributed by atoms with van der Waals surface area (Å²) < 4.78 is 0. The molecule has 0 aromatic heterocycles. The fourth-order valence-electron chi connectivity index (χ4n) is 2.36. The first-order chi connectivity index (χ1) is 7.60. The monoisotopic (exact) mass is 219 g/mol. The van der Waals surface area contributed by atoms with Gasteiger partial charge in [0.25, 0.3) is 0 Å². The molecular formula is C15H25N. The van der Waals surface area contributed by atoms with Crippen LogP contribution in [0.4, 0.5) is 0 Å². The summed E-state index contributed by atoms with van der Waals surface area (Å²) in [4.78, 5) is 0. The molecule has 0 heterocycles. The predicted molar refractivity (Wildman–Crippen MR) is 71.8 cm³/mol. The van der Waals surface area contributed by atoms with Gasteiger partial charge in [-0.2, -0.15) is 0 Å².